The van der Waals surface area contributed by atoms with E-state index in [0.29, 0.717) is 18.7 Å². The molecule has 6 heteroatoms. The molecule has 0 spiro atoms. The van der Waals surface area contributed by atoms with Gasteiger partial charge in [-0.15, -0.1) is 24.0 Å². The first-order valence-corrected chi connectivity index (χ1v) is 8.92. The Morgan fingerprint density at radius 3 is 2.48 bits per heavy atom. The smallest absolute Gasteiger partial charge is 0.191 e. The molecule has 0 amide bonds. The van der Waals surface area contributed by atoms with Crippen molar-refractivity contribution in [2.45, 2.75) is 25.9 Å². The van der Waals surface area contributed by atoms with Crippen LogP contribution in [0.15, 0.2) is 53.5 Å². The third-order valence-corrected chi connectivity index (χ3v) is 4.36. The molecule has 5 nitrogen and oxygen atoms in total. The first-order chi connectivity index (χ1) is 12.8. The van der Waals surface area contributed by atoms with Gasteiger partial charge in [0, 0.05) is 25.7 Å². The fourth-order valence-corrected chi connectivity index (χ4v) is 2.57. The van der Waals surface area contributed by atoms with Crippen molar-refractivity contribution in [3.8, 4) is 11.8 Å². The average molecular weight is 476 g/mol. The molecule has 0 saturated heterocycles. The Hall–Kier alpha value is -2.27. The standard InChI is InChI=1S/C21H24N4O.HI/c1-23-21(24-13-17-8-6-16(12-22)7-9-17)25-14-19-4-2-3-5-20(19)26-15-18-10-11-18;/h2-9,18H,10-11,13-15H2,1H3,(H2,23,24,25);1H. The second-order valence-electron chi connectivity index (χ2n) is 6.45. The molecule has 1 aliphatic rings. The van der Waals surface area contributed by atoms with Gasteiger partial charge in [-0.3, -0.25) is 4.99 Å². The third kappa shape index (κ3) is 6.75. The van der Waals surface area contributed by atoms with E-state index < -0.39 is 0 Å². The minimum Gasteiger partial charge on any atom is -0.493 e. The van der Waals surface area contributed by atoms with Crippen LogP contribution in [0.2, 0.25) is 0 Å². The lowest BCUT2D eigenvalue weighted by molar-refractivity contribution is 0.296. The number of nitriles is 1. The third-order valence-electron chi connectivity index (χ3n) is 4.36. The molecule has 1 aliphatic carbocycles. The van der Waals surface area contributed by atoms with Crippen LogP contribution in [0, 0.1) is 17.2 Å². The monoisotopic (exact) mass is 476 g/mol. The highest BCUT2D eigenvalue weighted by molar-refractivity contribution is 14.0. The maximum absolute atomic E-state index is 8.85. The molecule has 0 aromatic heterocycles. The predicted octanol–water partition coefficient (Wildman–Crippen LogP) is 3.83. The molecular weight excluding hydrogens is 451 g/mol. The van der Waals surface area contributed by atoms with E-state index in [4.69, 9.17) is 10.00 Å². The maximum Gasteiger partial charge on any atom is 0.191 e. The van der Waals surface area contributed by atoms with E-state index in [2.05, 4.69) is 27.8 Å². The summed E-state index contributed by atoms with van der Waals surface area (Å²) < 4.78 is 5.95. The number of aliphatic imine (C=N–C) groups is 1. The predicted molar refractivity (Wildman–Crippen MR) is 118 cm³/mol. The van der Waals surface area contributed by atoms with Gasteiger partial charge in [-0.1, -0.05) is 30.3 Å². The lowest BCUT2D eigenvalue weighted by Crippen LogP contribution is -2.36. The van der Waals surface area contributed by atoms with Crippen molar-refractivity contribution >= 4 is 29.9 Å². The maximum atomic E-state index is 8.85. The second kappa shape index (κ2) is 10.8. The molecule has 3 rings (SSSR count). The van der Waals surface area contributed by atoms with Crippen molar-refractivity contribution < 1.29 is 4.74 Å². The van der Waals surface area contributed by atoms with E-state index in [1.54, 1.807) is 7.05 Å². The summed E-state index contributed by atoms with van der Waals surface area (Å²) in [6.45, 7) is 2.10. The number of guanidine groups is 1. The molecule has 1 fully saturated rings. The Morgan fingerprint density at radius 1 is 1.11 bits per heavy atom. The lowest BCUT2D eigenvalue weighted by atomic mass is 10.1. The number of para-hydroxylation sites is 1. The van der Waals surface area contributed by atoms with Gasteiger partial charge >= 0.3 is 0 Å². The SMILES string of the molecule is CN=C(NCc1ccc(C#N)cc1)NCc1ccccc1OCC1CC1.I. The van der Waals surface area contributed by atoms with Crippen LogP contribution in [0.3, 0.4) is 0 Å². The Labute approximate surface area is 177 Å². The van der Waals surface area contributed by atoms with Crippen LogP contribution < -0.4 is 15.4 Å². The highest BCUT2D eigenvalue weighted by atomic mass is 127. The van der Waals surface area contributed by atoms with Gasteiger partial charge in [0.05, 0.1) is 18.2 Å². The quantitative estimate of drug-likeness (QED) is 0.362. The lowest BCUT2D eigenvalue weighted by Gasteiger charge is -2.15. The summed E-state index contributed by atoms with van der Waals surface area (Å²) >= 11 is 0. The number of hydrogen-bond acceptors (Lipinski definition) is 3. The molecule has 27 heavy (non-hydrogen) atoms. The largest absolute Gasteiger partial charge is 0.493 e. The van der Waals surface area contributed by atoms with Crippen molar-refractivity contribution in [2.75, 3.05) is 13.7 Å². The number of hydrogen-bond donors (Lipinski definition) is 2. The number of rotatable bonds is 7. The van der Waals surface area contributed by atoms with E-state index in [1.807, 2.05) is 42.5 Å². The van der Waals surface area contributed by atoms with Gasteiger partial charge in [-0.2, -0.15) is 5.26 Å². The van der Waals surface area contributed by atoms with Crippen LogP contribution in [0.5, 0.6) is 5.75 Å². The van der Waals surface area contributed by atoms with Crippen LogP contribution >= 0.6 is 24.0 Å². The molecular formula is C21H25IN4O. The Balaban J connectivity index is 0.00000261. The zero-order chi connectivity index (χ0) is 18.2. The summed E-state index contributed by atoms with van der Waals surface area (Å²) in [5, 5.41) is 15.5. The number of nitrogens with zero attached hydrogens (tertiary/aromatic N) is 2. The molecule has 142 valence electrons. The molecule has 2 aromatic carbocycles. The molecule has 0 unspecified atom stereocenters. The zero-order valence-electron chi connectivity index (χ0n) is 15.4. The molecule has 0 heterocycles. The molecule has 1 saturated carbocycles. The van der Waals surface area contributed by atoms with Gasteiger partial charge in [0.2, 0.25) is 0 Å². The van der Waals surface area contributed by atoms with Crippen molar-refractivity contribution in [1.29, 1.82) is 5.26 Å². The van der Waals surface area contributed by atoms with Gasteiger partial charge in [-0.05, 0) is 42.5 Å². The van der Waals surface area contributed by atoms with E-state index >= 15 is 0 Å². The second-order valence-corrected chi connectivity index (χ2v) is 6.45. The summed E-state index contributed by atoms with van der Waals surface area (Å²) in [6, 6.07) is 17.8. The Kier molecular flexibility index (Phi) is 8.40. The average Bonchev–Trinajstić information content (AvgIpc) is 3.52. The minimum absolute atomic E-state index is 0. The number of benzene rings is 2. The van der Waals surface area contributed by atoms with Gasteiger partial charge in [0.1, 0.15) is 5.75 Å². The Morgan fingerprint density at radius 2 is 1.81 bits per heavy atom. The topological polar surface area (TPSA) is 69.4 Å². The molecule has 0 aliphatic heterocycles. The van der Waals surface area contributed by atoms with Crippen LogP contribution in [0.25, 0.3) is 0 Å². The van der Waals surface area contributed by atoms with Crippen LogP contribution in [0.1, 0.15) is 29.5 Å². The van der Waals surface area contributed by atoms with E-state index in [1.165, 1.54) is 12.8 Å². The van der Waals surface area contributed by atoms with E-state index in [0.717, 1.165) is 35.4 Å². The normalized spacial score (nSPS) is 13.3. The molecule has 0 bridgehead atoms. The number of halogens is 1. The van der Waals surface area contributed by atoms with Crippen molar-refractivity contribution in [1.82, 2.24) is 10.6 Å². The van der Waals surface area contributed by atoms with Gasteiger partial charge < -0.3 is 15.4 Å². The first kappa shape index (κ1) is 21.0. The summed E-state index contributed by atoms with van der Waals surface area (Å²) in [5.41, 5.74) is 2.88. The van der Waals surface area contributed by atoms with E-state index in [9.17, 15) is 0 Å². The van der Waals surface area contributed by atoms with Crippen LogP contribution in [-0.2, 0) is 13.1 Å². The number of ether oxygens (including phenoxy) is 1. The van der Waals surface area contributed by atoms with Crippen LogP contribution in [-0.4, -0.2) is 19.6 Å². The number of nitrogens with one attached hydrogen (secondary N) is 2. The summed E-state index contributed by atoms with van der Waals surface area (Å²) in [7, 11) is 1.75. The minimum atomic E-state index is 0. The van der Waals surface area contributed by atoms with Gasteiger partial charge in [0.15, 0.2) is 5.96 Å². The summed E-state index contributed by atoms with van der Waals surface area (Å²) in [5.74, 6) is 2.40. The fourth-order valence-electron chi connectivity index (χ4n) is 2.57. The molecule has 2 N–H and O–H groups in total. The summed E-state index contributed by atoms with van der Waals surface area (Å²) in [4.78, 5) is 4.27. The fraction of sp³-hybridized carbons (Fsp3) is 0.333. The highest BCUT2D eigenvalue weighted by Gasteiger charge is 2.22. The zero-order valence-corrected chi connectivity index (χ0v) is 17.8. The summed E-state index contributed by atoms with van der Waals surface area (Å²) in [6.07, 6.45) is 2.57. The van der Waals surface area contributed by atoms with E-state index in [-0.39, 0.29) is 24.0 Å². The molecule has 0 atom stereocenters. The van der Waals surface area contributed by atoms with Crippen molar-refractivity contribution in [3.63, 3.8) is 0 Å². The van der Waals surface area contributed by atoms with Gasteiger partial charge in [-0.25, -0.2) is 0 Å². The van der Waals surface area contributed by atoms with Crippen molar-refractivity contribution in [2.24, 2.45) is 10.9 Å². The molecule has 0 radical (unpaired) electrons. The Bertz CT molecular complexity index is 795. The van der Waals surface area contributed by atoms with Crippen molar-refractivity contribution in [3.05, 3.63) is 65.2 Å². The highest BCUT2D eigenvalue weighted by Crippen LogP contribution is 2.30. The van der Waals surface area contributed by atoms with Gasteiger partial charge in [0.25, 0.3) is 0 Å². The molecule has 2 aromatic rings. The first-order valence-electron chi connectivity index (χ1n) is 8.92. The van der Waals surface area contributed by atoms with Crippen LogP contribution in [0.4, 0.5) is 0 Å².